The highest BCUT2D eigenvalue weighted by atomic mass is 32.1. The molecule has 1 aliphatic rings. The van der Waals surface area contributed by atoms with Gasteiger partial charge in [0.25, 0.3) is 5.91 Å². The van der Waals surface area contributed by atoms with Crippen LogP contribution in [0.4, 0.5) is 13.6 Å². The number of nitrogens with zero attached hydrogens (tertiary/aromatic N) is 3. The van der Waals surface area contributed by atoms with E-state index < -0.39 is 40.2 Å². The summed E-state index contributed by atoms with van der Waals surface area (Å²) in [4.78, 5) is 42.9. The van der Waals surface area contributed by atoms with Crippen LogP contribution in [0.5, 0.6) is 5.75 Å². The van der Waals surface area contributed by atoms with Crippen LogP contribution in [0, 0.1) is 11.6 Å². The van der Waals surface area contributed by atoms with Crippen LogP contribution in [0.3, 0.4) is 0 Å². The number of hydrogen-bond donors (Lipinski definition) is 1. The lowest BCUT2D eigenvalue weighted by atomic mass is 9.88. The first kappa shape index (κ1) is 36.6. The summed E-state index contributed by atoms with van der Waals surface area (Å²) in [6, 6.07) is 12.0. The minimum atomic E-state index is -0.876. The second kappa shape index (κ2) is 15.5. The van der Waals surface area contributed by atoms with Crippen molar-refractivity contribution in [3.63, 3.8) is 0 Å². The van der Waals surface area contributed by atoms with E-state index in [9.17, 15) is 23.2 Å². The van der Waals surface area contributed by atoms with Crippen molar-refractivity contribution in [1.29, 1.82) is 0 Å². The first-order valence-corrected chi connectivity index (χ1v) is 17.0. The standard InChI is InChI=1S/C36H40F2N4O7S/c1-22(2)42(21-36(13-15-46-16-14-36)39-34(45)49-35(3,4)5)33(44)31-30(47-19-23-9-7-6-8-10-23)29(43)26(20-48-31)32-41-40-28(50-32)17-24-11-12-25(37)18-27(24)38/h6-12,18,20,22H,13-17,19,21H2,1-5H3,(H,39,45). The van der Waals surface area contributed by atoms with Gasteiger partial charge in [-0.25, -0.2) is 13.6 Å². The van der Waals surface area contributed by atoms with Crippen LogP contribution in [0.15, 0.2) is 64.0 Å². The molecule has 0 bridgehead atoms. The predicted octanol–water partition coefficient (Wildman–Crippen LogP) is 6.53. The summed E-state index contributed by atoms with van der Waals surface area (Å²) in [6.45, 7) is 9.71. The van der Waals surface area contributed by atoms with Gasteiger partial charge in [0.1, 0.15) is 35.1 Å². The van der Waals surface area contributed by atoms with E-state index in [4.69, 9.17) is 18.6 Å². The van der Waals surface area contributed by atoms with Gasteiger partial charge in [-0.05, 0) is 64.7 Å². The van der Waals surface area contributed by atoms with Crippen molar-refractivity contribution in [1.82, 2.24) is 20.4 Å². The molecule has 1 N–H and O–H groups in total. The lowest BCUT2D eigenvalue weighted by Crippen LogP contribution is -2.60. The highest BCUT2D eigenvalue weighted by molar-refractivity contribution is 7.14. The molecular formula is C36H40F2N4O7S. The number of halogens is 2. The first-order chi connectivity index (χ1) is 23.7. The Bertz CT molecular complexity index is 1870. The third-order valence-corrected chi connectivity index (χ3v) is 8.96. The van der Waals surface area contributed by atoms with Crippen molar-refractivity contribution in [3.8, 4) is 16.3 Å². The molecule has 1 aliphatic heterocycles. The Kier molecular flexibility index (Phi) is 11.3. The Labute approximate surface area is 292 Å². The summed E-state index contributed by atoms with van der Waals surface area (Å²) in [5.74, 6) is -2.67. The van der Waals surface area contributed by atoms with E-state index in [-0.39, 0.29) is 53.3 Å². The van der Waals surface area contributed by atoms with Gasteiger partial charge in [0.05, 0.1) is 11.1 Å². The molecule has 2 aromatic heterocycles. The number of aromatic nitrogens is 2. The second-order valence-corrected chi connectivity index (χ2v) is 14.4. The number of benzene rings is 2. The minimum absolute atomic E-state index is 0.00321. The first-order valence-electron chi connectivity index (χ1n) is 16.2. The van der Waals surface area contributed by atoms with Crippen LogP contribution in [0.25, 0.3) is 10.6 Å². The average molecular weight is 711 g/mol. The van der Waals surface area contributed by atoms with E-state index in [1.54, 1.807) is 20.8 Å². The molecule has 14 heteroatoms. The Hall–Kier alpha value is -4.69. The maximum absolute atomic E-state index is 14.4. The molecule has 3 heterocycles. The van der Waals surface area contributed by atoms with E-state index in [1.165, 1.54) is 11.0 Å². The summed E-state index contributed by atoms with van der Waals surface area (Å²) in [5.41, 5.74) is -1.30. The van der Waals surface area contributed by atoms with Crippen LogP contribution >= 0.6 is 11.3 Å². The molecule has 0 saturated carbocycles. The summed E-state index contributed by atoms with van der Waals surface area (Å²) in [5, 5.41) is 11.8. The SMILES string of the molecule is CC(C)N(CC1(NC(=O)OC(C)(C)C)CCOCC1)C(=O)c1occ(-c2nnc(Cc3ccc(F)cc3F)s2)c(=O)c1OCc1ccccc1. The zero-order valence-corrected chi connectivity index (χ0v) is 29.4. The highest BCUT2D eigenvalue weighted by Crippen LogP contribution is 2.30. The maximum Gasteiger partial charge on any atom is 0.408 e. The molecule has 50 heavy (non-hydrogen) atoms. The van der Waals surface area contributed by atoms with Gasteiger partial charge < -0.3 is 28.8 Å². The normalized spacial score (nSPS) is 14.3. The Balaban J connectivity index is 1.48. The van der Waals surface area contributed by atoms with Gasteiger partial charge in [-0.1, -0.05) is 47.7 Å². The van der Waals surface area contributed by atoms with Crippen molar-refractivity contribution in [2.45, 2.75) is 77.7 Å². The molecule has 1 fully saturated rings. The number of hydrogen-bond acceptors (Lipinski definition) is 10. The molecule has 5 rings (SSSR count). The second-order valence-electron chi connectivity index (χ2n) is 13.4. The number of carbonyl (C=O) groups excluding carboxylic acids is 2. The molecule has 0 aliphatic carbocycles. The van der Waals surface area contributed by atoms with Gasteiger partial charge in [-0.2, -0.15) is 0 Å². The molecular weight excluding hydrogens is 670 g/mol. The molecule has 266 valence electrons. The summed E-state index contributed by atoms with van der Waals surface area (Å²) in [7, 11) is 0. The topological polar surface area (TPSA) is 133 Å². The van der Waals surface area contributed by atoms with E-state index in [0.29, 0.717) is 31.1 Å². The van der Waals surface area contributed by atoms with E-state index >= 15 is 0 Å². The molecule has 0 atom stereocenters. The fourth-order valence-electron chi connectivity index (χ4n) is 5.42. The quantitative estimate of drug-likeness (QED) is 0.185. The van der Waals surface area contributed by atoms with Gasteiger partial charge >= 0.3 is 6.09 Å². The maximum atomic E-state index is 14.4. The van der Waals surface area contributed by atoms with Crippen molar-refractivity contribution in [2.24, 2.45) is 0 Å². The molecule has 1 saturated heterocycles. The summed E-state index contributed by atoms with van der Waals surface area (Å²) < 4.78 is 50.8. The average Bonchev–Trinajstić information content (AvgIpc) is 3.52. The summed E-state index contributed by atoms with van der Waals surface area (Å²) >= 11 is 1.03. The number of rotatable bonds is 11. The third kappa shape index (κ3) is 9.10. The van der Waals surface area contributed by atoms with Crippen molar-refractivity contribution in [3.05, 3.63) is 98.5 Å². The lowest BCUT2D eigenvalue weighted by Gasteiger charge is -2.42. The van der Waals surface area contributed by atoms with Crippen LogP contribution in [0.2, 0.25) is 0 Å². The van der Waals surface area contributed by atoms with Crippen molar-refractivity contribution < 1.29 is 37.0 Å². The zero-order valence-electron chi connectivity index (χ0n) is 28.6. The van der Waals surface area contributed by atoms with Crippen molar-refractivity contribution >= 4 is 23.3 Å². The van der Waals surface area contributed by atoms with E-state index in [1.807, 2.05) is 44.2 Å². The van der Waals surface area contributed by atoms with Gasteiger partial charge in [0.15, 0.2) is 5.01 Å². The predicted molar refractivity (Wildman–Crippen MR) is 182 cm³/mol. The van der Waals surface area contributed by atoms with Gasteiger partial charge in [-0.15, -0.1) is 10.2 Å². The molecule has 0 unspecified atom stereocenters. The fourth-order valence-corrected chi connectivity index (χ4v) is 6.28. The Morgan fingerprint density at radius 3 is 2.46 bits per heavy atom. The third-order valence-electron chi connectivity index (χ3n) is 8.00. The number of alkyl carbamates (subject to hydrolysis) is 1. The molecule has 0 radical (unpaired) electrons. The fraction of sp³-hybridized carbons (Fsp3) is 0.417. The monoisotopic (exact) mass is 710 g/mol. The number of carbonyl (C=O) groups is 2. The minimum Gasteiger partial charge on any atom is -0.481 e. The van der Waals surface area contributed by atoms with Crippen molar-refractivity contribution in [2.75, 3.05) is 19.8 Å². The summed E-state index contributed by atoms with van der Waals surface area (Å²) in [6.07, 6.45) is 1.39. The number of ether oxygens (including phenoxy) is 3. The zero-order chi connectivity index (χ0) is 36.1. The molecule has 2 aromatic carbocycles. The van der Waals surface area contributed by atoms with Crippen LogP contribution < -0.4 is 15.5 Å². The molecule has 0 spiro atoms. The molecule has 4 aromatic rings. The van der Waals surface area contributed by atoms with Gasteiger partial charge in [-0.3, -0.25) is 9.59 Å². The lowest BCUT2D eigenvalue weighted by molar-refractivity contribution is 0.00220. The largest absolute Gasteiger partial charge is 0.481 e. The van der Waals surface area contributed by atoms with E-state index in [0.717, 1.165) is 35.3 Å². The highest BCUT2D eigenvalue weighted by Gasteiger charge is 2.40. The van der Waals surface area contributed by atoms with Crippen LogP contribution in [0.1, 0.15) is 74.1 Å². The Morgan fingerprint density at radius 1 is 1.08 bits per heavy atom. The molecule has 2 amide bonds. The number of amides is 2. The number of nitrogens with one attached hydrogen (secondary N) is 1. The van der Waals surface area contributed by atoms with Crippen LogP contribution in [-0.2, 0) is 22.5 Å². The van der Waals surface area contributed by atoms with Gasteiger partial charge in [0.2, 0.25) is 16.9 Å². The van der Waals surface area contributed by atoms with Gasteiger partial charge in [0, 0.05) is 38.3 Å². The smallest absolute Gasteiger partial charge is 0.408 e. The van der Waals surface area contributed by atoms with Crippen LogP contribution in [-0.4, -0.2) is 64.0 Å². The van der Waals surface area contributed by atoms with E-state index in [2.05, 4.69) is 15.5 Å². The Morgan fingerprint density at radius 2 is 1.80 bits per heavy atom. The molecule has 11 nitrogen and oxygen atoms in total.